The molecule has 0 atom stereocenters. The Morgan fingerprint density at radius 1 is 1.13 bits per heavy atom. The van der Waals surface area contributed by atoms with Crippen molar-refractivity contribution in [3.8, 4) is 17.1 Å². The number of hydrogen-bond donors (Lipinski definition) is 2. The van der Waals surface area contributed by atoms with Crippen LogP contribution in [0.5, 0.6) is 5.75 Å². The van der Waals surface area contributed by atoms with Crippen LogP contribution in [0.3, 0.4) is 0 Å². The maximum absolute atomic E-state index is 9.95. The number of nitrogens with one attached hydrogen (secondary N) is 1. The van der Waals surface area contributed by atoms with Gasteiger partial charge in [0, 0.05) is 43.3 Å². The Balaban J connectivity index is 1.74. The molecular weight excluding hydrogens is 290 g/mol. The third-order valence-electron chi connectivity index (χ3n) is 3.30. The SMILES string of the molecule is Cc1cc(NCCc2cnccn2)nc(-c2ccccc2O)n1. The summed E-state index contributed by atoms with van der Waals surface area (Å²) in [5.74, 6) is 1.40. The molecular formula is C17H17N5O. The molecule has 23 heavy (non-hydrogen) atoms. The molecule has 0 aliphatic rings. The third-order valence-corrected chi connectivity index (χ3v) is 3.30. The fourth-order valence-corrected chi connectivity index (χ4v) is 2.22. The van der Waals surface area contributed by atoms with Crippen molar-refractivity contribution in [1.29, 1.82) is 0 Å². The molecule has 0 radical (unpaired) electrons. The summed E-state index contributed by atoms with van der Waals surface area (Å²) in [6, 6.07) is 8.92. The average Bonchev–Trinajstić information content (AvgIpc) is 2.56. The van der Waals surface area contributed by atoms with Crippen molar-refractivity contribution in [3.63, 3.8) is 0 Å². The number of nitrogens with zero attached hydrogens (tertiary/aromatic N) is 4. The van der Waals surface area contributed by atoms with Crippen LogP contribution in [0.25, 0.3) is 11.4 Å². The van der Waals surface area contributed by atoms with E-state index in [2.05, 4.69) is 25.3 Å². The Kier molecular flexibility index (Phi) is 4.42. The zero-order valence-corrected chi connectivity index (χ0v) is 12.8. The van der Waals surface area contributed by atoms with Gasteiger partial charge in [0.2, 0.25) is 0 Å². The van der Waals surface area contributed by atoms with Crippen LogP contribution in [0.1, 0.15) is 11.4 Å². The first-order chi connectivity index (χ1) is 11.2. The van der Waals surface area contributed by atoms with E-state index in [4.69, 9.17) is 0 Å². The van der Waals surface area contributed by atoms with Gasteiger partial charge in [-0.25, -0.2) is 9.97 Å². The Labute approximate surface area is 134 Å². The summed E-state index contributed by atoms with van der Waals surface area (Å²) in [5, 5.41) is 13.2. The molecule has 3 aromatic rings. The largest absolute Gasteiger partial charge is 0.507 e. The van der Waals surface area contributed by atoms with Crippen LogP contribution in [0.15, 0.2) is 48.9 Å². The van der Waals surface area contributed by atoms with Crippen LogP contribution in [0.2, 0.25) is 0 Å². The van der Waals surface area contributed by atoms with Crippen LogP contribution >= 0.6 is 0 Å². The molecule has 116 valence electrons. The van der Waals surface area contributed by atoms with Crippen molar-refractivity contribution >= 4 is 5.82 Å². The molecule has 0 saturated heterocycles. The van der Waals surface area contributed by atoms with E-state index in [1.165, 1.54) is 0 Å². The van der Waals surface area contributed by atoms with Gasteiger partial charge < -0.3 is 10.4 Å². The van der Waals surface area contributed by atoms with Gasteiger partial charge in [-0.1, -0.05) is 12.1 Å². The zero-order valence-electron chi connectivity index (χ0n) is 12.8. The van der Waals surface area contributed by atoms with E-state index in [9.17, 15) is 5.11 Å². The van der Waals surface area contributed by atoms with E-state index in [-0.39, 0.29) is 5.75 Å². The second-order valence-corrected chi connectivity index (χ2v) is 5.11. The highest BCUT2D eigenvalue weighted by Gasteiger charge is 2.08. The number of anilines is 1. The fraction of sp³-hybridized carbons (Fsp3) is 0.176. The standard InChI is InChI=1S/C17H17N5O/c1-12-10-16(20-7-6-13-11-18-8-9-19-13)22-17(21-12)14-4-2-3-5-15(14)23/h2-5,8-11,23H,6-7H2,1H3,(H,20,21,22). The number of aryl methyl sites for hydroxylation is 1. The molecule has 0 bridgehead atoms. The maximum atomic E-state index is 9.95. The minimum atomic E-state index is 0.170. The highest BCUT2D eigenvalue weighted by atomic mass is 16.3. The smallest absolute Gasteiger partial charge is 0.165 e. The van der Waals surface area contributed by atoms with Crippen LogP contribution in [0, 0.1) is 6.92 Å². The lowest BCUT2D eigenvalue weighted by atomic mass is 10.2. The first kappa shape index (κ1) is 14.9. The van der Waals surface area contributed by atoms with E-state index >= 15 is 0 Å². The number of aromatic hydroxyl groups is 1. The van der Waals surface area contributed by atoms with E-state index in [0.717, 1.165) is 23.6 Å². The van der Waals surface area contributed by atoms with Gasteiger partial charge >= 0.3 is 0 Å². The molecule has 1 aromatic carbocycles. The second-order valence-electron chi connectivity index (χ2n) is 5.11. The molecule has 0 aliphatic heterocycles. The molecule has 2 aromatic heterocycles. The summed E-state index contributed by atoms with van der Waals surface area (Å²) in [5.41, 5.74) is 2.38. The lowest BCUT2D eigenvalue weighted by Crippen LogP contribution is -2.08. The number of hydrogen-bond acceptors (Lipinski definition) is 6. The molecule has 6 nitrogen and oxygen atoms in total. The third kappa shape index (κ3) is 3.79. The number of rotatable bonds is 5. The van der Waals surface area contributed by atoms with Crippen LogP contribution < -0.4 is 5.32 Å². The second kappa shape index (κ2) is 6.83. The number of benzene rings is 1. The Hall–Kier alpha value is -3.02. The topological polar surface area (TPSA) is 83.8 Å². The maximum Gasteiger partial charge on any atom is 0.165 e. The van der Waals surface area contributed by atoms with E-state index < -0.39 is 0 Å². The fourth-order valence-electron chi connectivity index (χ4n) is 2.22. The van der Waals surface area contributed by atoms with Crippen molar-refractivity contribution in [1.82, 2.24) is 19.9 Å². The number of aromatic nitrogens is 4. The number of phenols is 1. The van der Waals surface area contributed by atoms with Crippen molar-refractivity contribution in [2.45, 2.75) is 13.3 Å². The van der Waals surface area contributed by atoms with Gasteiger partial charge in [-0.2, -0.15) is 0 Å². The highest BCUT2D eigenvalue weighted by Crippen LogP contribution is 2.26. The molecule has 2 N–H and O–H groups in total. The van der Waals surface area contributed by atoms with Crippen LogP contribution in [0.4, 0.5) is 5.82 Å². The summed E-state index contributed by atoms with van der Waals surface area (Å²) in [4.78, 5) is 17.2. The van der Waals surface area contributed by atoms with Crippen molar-refractivity contribution in [2.75, 3.05) is 11.9 Å². The lowest BCUT2D eigenvalue weighted by molar-refractivity contribution is 0.477. The number of phenolic OH excluding ortho intramolecular Hbond substituents is 1. The predicted molar refractivity (Wildman–Crippen MR) is 88.1 cm³/mol. The highest BCUT2D eigenvalue weighted by molar-refractivity contribution is 5.64. The zero-order chi connectivity index (χ0) is 16.1. The van der Waals surface area contributed by atoms with Crippen molar-refractivity contribution in [3.05, 3.63) is 60.3 Å². The van der Waals surface area contributed by atoms with Gasteiger partial charge in [0.1, 0.15) is 11.6 Å². The van der Waals surface area contributed by atoms with Gasteiger partial charge in [-0.3, -0.25) is 9.97 Å². The van der Waals surface area contributed by atoms with Gasteiger partial charge in [0.05, 0.1) is 11.3 Å². The van der Waals surface area contributed by atoms with Gasteiger partial charge in [0.15, 0.2) is 5.82 Å². The van der Waals surface area contributed by atoms with Gasteiger partial charge in [-0.15, -0.1) is 0 Å². The predicted octanol–water partition coefficient (Wildman–Crippen LogP) is 2.60. The summed E-state index contributed by atoms with van der Waals surface area (Å²) in [6.45, 7) is 2.59. The summed E-state index contributed by atoms with van der Waals surface area (Å²) >= 11 is 0. The average molecular weight is 307 g/mol. The molecule has 0 spiro atoms. The Morgan fingerprint density at radius 3 is 2.78 bits per heavy atom. The molecule has 0 saturated carbocycles. The van der Waals surface area contributed by atoms with Gasteiger partial charge in [0.25, 0.3) is 0 Å². The molecule has 0 amide bonds. The Bertz CT molecular complexity index is 792. The lowest BCUT2D eigenvalue weighted by Gasteiger charge is -2.09. The first-order valence-corrected chi connectivity index (χ1v) is 7.35. The van der Waals surface area contributed by atoms with Crippen LogP contribution in [-0.4, -0.2) is 31.6 Å². The normalized spacial score (nSPS) is 10.5. The van der Waals surface area contributed by atoms with Crippen molar-refractivity contribution in [2.24, 2.45) is 0 Å². The number of para-hydroxylation sites is 1. The molecule has 0 aliphatic carbocycles. The van der Waals surface area contributed by atoms with E-state index in [1.807, 2.05) is 19.1 Å². The summed E-state index contributed by atoms with van der Waals surface area (Å²) in [7, 11) is 0. The van der Waals surface area contributed by atoms with Crippen LogP contribution in [-0.2, 0) is 6.42 Å². The Morgan fingerprint density at radius 2 is 2.00 bits per heavy atom. The molecule has 3 rings (SSSR count). The van der Waals surface area contributed by atoms with E-state index in [1.54, 1.807) is 36.8 Å². The monoisotopic (exact) mass is 307 g/mol. The molecule has 6 heteroatoms. The molecule has 2 heterocycles. The molecule has 0 unspecified atom stereocenters. The van der Waals surface area contributed by atoms with E-state index in [0.29, 0.717) is 17.9 Å². The minimum Gasteiger partial charge on any atom is -0.507 e. The van der Waals surface area contributed by atoms with Crippen molar-refractivity contribution < 1.29 is 5.11 Å². The minimum absolute atomic E-state index is 0.170. The van der Waals surface area contributed by atoms with Gasteiger partial charge in [-0.05, 0) is 19.1 Å². The first-order valence-electron chi connectivity index (χ1n) is 7.35. The summed E-state index contributed by atoms with van der Waals surface area (Å²) < 4.78 is 0. The summed E-state index contributed by atoms with van der Waals surface area (Å²) in [6.07, 6.45) is 5.84. The molecule has 0 fully saturated rings. The quantitative estimate of drug-likeness (QED) is 0.754.